The normalized spacial score (nSPS) is 10.4. The van der Waals surface area contributed by atoms with E-state index < -0.39 is 6.09 Å². The third-order valence-electron chi connectivity index (χ3n) is 2.51. The molecule has 0 fully saturated rings. The molecule has 0 aliphatic rings. The summed E-state index contributed by atoms with van der Waals surface area (Å²) in [5, 5.41) is 10.6. The van der Waals surface area contributed by atoms with Gasteiger partial charge in [-0.2, -0.15) is 0 Å². The van der Waals surface area contributed by atoms with E-state index in [1.807, 2.05) is 0 Å². The lowest BCUT2D eigenvalue weighted by atomic mass is 10.2. The first-order chi connectivity index (χ1) is 9.40. The minimum Gasteiger partial charge on any atom is -0.464 e. The molecule has 20 heavy (non-hydrogen) atoms. The second-order valence-corrected chi connectivity index (χ2v) is 5.44. The van der Waals surface area contributed by atoms with E-state index in [-0.39, 0.29) is 10.0 Å². The molecule has 0 spiro atoms. The molecule has 0 unspecified atom stereocenters. The van der Waals surface area contributed by atoms with E-state index in [9.17, 15) is 9.90 Å². The van der Waals surface area contributed by atoms with Gasteiger partial charge in [0.15, 0.2) is 0 Å². The zero-order chi connectivity index (χ0) is 14.9. The Hall–Kier alpha value is -1.13. The summed E-state index contributed by atoms with van der Waals surface area (Å²) in [6, 6.07) is 9.05. The molecule has 0 saturated carbocycles. The van der Waals surface area contributed by atoms with E-state index in [1.165, 1.54) is 24.3 Å². The van der Waals surface area contributed by atoms with Crippen LogP contribution in [0.3, 0.4) is 0 Å². The molecule has 1 amide bonds. The van der Waals surface area contributed by atoms with Crippen LogP contribution in [0.15, 0.2) is 36.4 Å². The molecule has 0 bridgehead atoms. The largest absolute Gasteiger partial charge is 0.464 e. The van der Waals surface area contributed by atoms with Crippen LogP contribution in [-0.4, -0.2) is 11.2 Å². The minimum absolute atomic E-state index is 0.260. The van der Waals surface area contributed by atoms with Gasteiger partial charge in [0.25, 0.3) is 0 Å². The zero-order valence-electron chi connectivity index (χ0n) is 9.78. The highest BCUT2D eigenvalue weighted by atomic mass is 35.5. The van der Waals surface area contributed by atoms with Gasteiger partial charge >= 0.3 is 6.09 Å². The van der Waals surface area contributed by atoms with Gasteiger partial charge in [-0.05, 0) is 36.4 Å². The number of carboxylic acid groups (broad SMARTS) is 1. The predicted molar refractivity (Wildman–Crippen MR) is 83.1 cm³/mol. The lowest BCUT2D eigenvalue weighted by molar-refractivity contribution is 0.205. The smallest absolute Gasteiger partial charge is 0.416 e. The maximum absolute atomic E-state index is 11.5. The summed E-state index contributed by atoms with van der Waals surface area (Å²) in [4.78, 5) is 12.5. The van der Waals surface area contributed by atoms with Crippen molar-refractivity contribution in [1.29, 1.82) is 0 Å². The molecular formula is C13H7Cl4NO2. The van der Waals surface area contributed by atoms with Crippen molar-refractivity contribution < 1.29 is 9.90 Å². The highest BCUT2D eigenvalue weighted by Crippen LogP contribution is 2.34. The number of amides is 1. The minimum atomic E-state index is -1.18. The van der Waals surface area contributed by atoms with Gasteiger partial charge in [-0.15, -0.1) is 0 Å². The molecule has 0 saturated heterocycles. The van der Waals surface area contributed by atoms with Crippen LogP contribution >= 0.6 is 46.4 Å². The summed E-state index contributed by atoms with van der Waals surface area (Å²) in [6.45, 7) is 0. The molecule has 7 heteroatoms. The molecule has 0 radical (unpaired) electrons. The Morgan fingerprint density at radius 3 is 1.50 bits per heavy atom. The Kier molecular flexibility index (Phi) is 4.66. The Morgan fingerprint density at radius 2 is 1.20 bits per heavy atom. The van der Waals surface area contributed by atoms with Crippen LogP contribution in [0.2, 0.25) is 20.1 Å². The van der Waals surface area contributed by atoms with Gasteiger partial charge < -0.3 is 5.11 Å². The van der Waals surface area contributed by atoms with Crippen molar-refractivity contribution >= 4 is 63.9 Å². The number of hydrogen-bond acceptors (Lipinski definition) is 1. The molecule has 2 aromatic rings. The summed E-state index contributed by atoms with van der Waals surface area (Å²) >= 11 is 23.5. The first-order valence-electron chi connectivity index (χ1n) is 5.33. The molecule has 0 aliphatic carbocycles. The maximum atomic E-state index is 11.5. The summed E-state index contributed by atoms with van der Waals surface area (Å²) in [6.07, 6.45) is -1.18. The van der Waals surface area contributed by atoms with E-state index >= 15 is 0 Å². The summed E-state index contributed by atoms with van der Waals surface area (Å²) in [7, 11) is 0. The average Bonchev–Trinajstić information content (AvgIpc) is 2.38. The second-order valence-electron chi connectivity index (χ2n) is 3.81. The van der Waals surface area contributed by atoms with Crippen molar-refractivity contribution in [3.05, 3.63) is 56.5 Å². The Balaban J connectivity index is 2.53. The van der Waals surface area contributed by atoms with Crippen LogP contribution in [0.4, 0.5) is 16.2 Å². The van der Waals surface area contributed by atoms with Crippen molar-refractivity contribution in [1.82, 2.24) is 0 Å². The van der Waals surface area contributed by atoms with Gasteiger partial charge in [-0.1, -0.05) is 46.4 Å². The summed E-state index contributed by atoms with van der Waals surface area (Å²) < 4.78 is 0. The van der Waals surface area contributed by atoms with E-state index in [2.05, 4.69) is 0 Å². The van der Waals surface area contributed by atoms with E-state index in [0.29, 0.717) is 21.4 Å². The van der Waals surface area contributed by atoms with Crippen LogP contribution in [0, 0.1) is 0 Å². The van der Waals surface area contributed by atoms with Crippen molar-refractivity contribution in [2.24, 2.45) is 0 Å². The second kappa shape index (κ2) is 6.10. The average molecular weight is 351 g/mol. The van der Waals surface area contributed by atoms with Crippen LogP contribution in [0.5, 0.6) is 0 Å². The fourth-order valence-electron chi connectivity index (χ4n) is 1.62. The zero-order valence-corrected chi connectivity index (χ0v) is 12.8. The van der Waals surface area contributed by atoms with E-state index in [1.54, 1.807) is 12.1 Å². The van der Waals surface area contributed by atoms with Crippen molar-refractivity contribution in [2.45, 2.75) is 0 Å². The van der Waals surface area contributed by atoms with Crippen LogP contribution in [0.1, 0.15) is 0 Å². The number of halogens is 4. The summed E-state index contributed by atoms with van der Waals surface area (Å²) in [5.41, 5.74) is 0.704. The Labute approximate surface area is 135 Å². The van der Waals surface area contributed by atoms with Gasteiger partial charge in [-0.25, -0.2) is 9.69 Å². The van der Waals surface area contributed by atoms with Gasteiger partial charge in [0, 0.05) is 0 Å². The molecular weight excluding hydrogens is 344 g/mol. The van der Waals surface area contributed by atoms with Crippen LogP contribution in [-0.2, 0) is 0 Å². The first-order valence-corrected chi connectivity index (χ1v) is 6.84. The molecule has 2 aromatic carbocycles. The van der Waals surface area contributed by atoms with Gasteiger partial charge in [0.05, 0.1) is 31.5 Å². The van der Waals surface area contributed by atoms with Crippen molar-refractivity contribution in [3.8, 4) is 0 Å². The molecule has 0 aromatic heterocycles. The molecule has 2 rings (SSSR count). The Bertz CT molecular complexity index is 624. The standard InChI is InChI=1S/C13H7Cl4NO2/c14-9-3-1-7(5-11(9)16)18(13(19)20)8-2-4-10(15)12(17)6-8/h1-6H,(H,19,20). The van der Waals surface area contributed by atoms with Gasteiger partial charge in [-0.3, -0.25) is 0 Å². The molecule has 0 aliphatic heterocycles. The third-order valence-corrected chi connectivity index (χ3v) is 3.99. The first kappa shape index (κ1) is 15.3. The number of hydrogen-bond donors (Lipinski definition) is 1. The maximum Gasteiger partial charge on any atom is 0.416 e. The topological polar surface area (TPSA) is 40.5 Å². The van der Waals surface area contributed by atoms with E-state index in [0.717, 1.165) is 4.90 Å². The number of nitrogens with zero attached hydrogens (tertiary/aromatic N) is 1. The quantitative estimate of drug-likeness (QED) is 0.709. The van der Waals surface area contributed by atoms with Gasteiger partial charge in [0.2, 0.25) is 0 Å². The number of anilines is 2. The molecule has 0 atom stereocenters. The number of carbonyl (C=O) groups is 1. The molecule has 3 nitrogen and oxygen atoms in total. The lowest BCUT2D eigenvalue weighted by Crippen LogP contribution is -2.23. The number of rotatable bonds is 2. The molecule has 0 heterocycles. The fourth-order valence-corrected chi connectivity index (χ4v) is 2.20. The molecule has 1 N–H and O–H groups in total. The Morgan fingerprint density at radius 1 is 0.800 bits per heavy atom. The highest BCUT2D eigenvalue weighted by Gasteiger charge is 2.18. The lowest BCUT2D eigenvalue weighted by Gasteiger charge is -2.20. The van der Waals surface area contributed by atoms with Crippen molar-refractivity contribution in [3.63, 3.8) is 0 Å². The van der Waals surface area contributed by atoms with Crippen LogP contribution < -0.4 is 4.90 Å². The summed E-state index contributed by atoms with van der Waals surface area (Å²) in [5.74, 6) is 0. The van der Waals surface area contributed by atoms with E-state index in [4.69, 9.17) is 46.4 Å². The molecule has 104 valence electrons. The fraction of sp³-hybridized carbons (Fsp3) is 0. The van der Waals surface area contributed by atoms with Crippen molar-refractivity contribution in [2.75, 3.05) is 4.90 Å². The predicted octanol–water partition coefficient (Wildman–Crippen LogP) is 6.12. The highest BCUT2D eigenvalue weighted by molar-refractivity contribution is 6.42. The number of benzene rings is 2. The van der Waals surface area contributed by atoms with Crippen LogP contribution in [0.25, 0.3) is 0 Å². The third kappa shape index (κ3) is 3.13. The van der Waals surface area contributed by atoms with Gasteiger partial charge in [0.1, 0.15) is 0 Å². The SMILES string of the molecule is O=C(O)N(c1ccc(Cl)c(Cl)c1)c1ccc(Cl)c(Cl)c1. The monoisotopic (exact) mass is 349 g/mol.